The molecule has 154 valence electrons. The van der Waals surface area contributed by atoms with E-state index in [0.29, 0.717) is 28.3 Å². The first-order valence-electron chi connectivity index (χ1n) is 9.50. The molecule has 0 amide bonds. The quantitative estimate of drug-likeness (QED) is 0.243. The lowest BCUT2D eigenvalue weighted by Crippen LogP contribution is -1.96. The number of halogens is 2. The number of hydrogen-bond acceptors (Lipinski definition) is 4. The monoisotopic (exact) mass is 433 g/mol. The molecule has 0 bridgehead atoms. The smallest absolute Gasteiger partial charge is 0.185 e. The molecule has 0 saturated heterocycles. The van der Waals surface area contributed by atoms with Gasteiger partial charge in [0.15, 0.2) is 11.5 Å². The van der Waals surface area contributed by atoms with Crippen LogP contribution in [-0.2, 0) is 6.61 Å². The van der Waals surface area contributed by atoms with Crippen molar-refractivity contribution in [3.05, 3.63) is 113 Å². The predicted molar refractivity (Wildman–Crippen MR) is 117 cm³/mol. The molecule has 0 unspecified atom stereocenters. The third kappa shape index (κ3) is 5.27. The molecule has 6 heteroatoms. The molecule has 3 aromatic carbocycles. The molecule has 0 aliphatic carbocycles. The second-order valence-corrected chi connectivity index (χ2v) is 7.14. The first kappa shape index (κ1) is 20.6. The van der Waals surface area contributed by atoms with E-state index in [0.717, 1.165) is 5.56 Å². The summed E-state index contributed by atoms with van der Waals surface area (Å²) in [6.45, 7) is 0.143. The molecule has 4 aromatic rings. The van der Waals surface area contributed by atoms with Crippen molar-refractivity contribution in [3.63, 3.8) is 0 Å². The minimum Gasteiger partial charge on any atom is -0.486 e. The van der Waals surface area contributed by atoms with Crippen LogP contribution in [0.1, 0.15) is 21.7 Å². The first-order valence-corrected chi connectivity index (χ1v) is 9.87. The van der Waals surface area contributed by atoms with Crippen LogP contribution in [0.25, 0.3) is 17.3 Å². The van der Waals surface area contributed by atoms with E-state index in [1.165, 1.54) is 12.1 Å². The molecule has 4 rings (SSSR count). The minimum atomic E-state index is -0.520. The second kappa shape index (κ2) is 9.41. The van der Waals surface area contributed by atoms with E-state index in [9.17, 15) is 9.18 Å². The summed E-state index contributed by atoms with van der Waals surface area (Å²) in [6, 6.07) is 22.6. The van der Waals surface area contributed by atoms with Crippen LogP contribution >= 0.6 is 11.6 Å². The molecular weight excluding hydrogens is 417 g/mol. The van der Waals surface area contributed by atoms with E-state index < -0.39 is 5.82 Å². The number of hydrogen-bond donors (Lipinski definition) is 0. The molecule has 31 heavy (non-hydrogen) atoms. The molecular formula is C25H17ClFNO3. The van der Waals surface area contributed by atoms with Gasteiger partial charge < -0.3 is 9.26 Å². The molecule has 1 heterocycles. The zero-order chi connectivity index (χ0) is 21.6. The molecule has 0 fully saturated rings. The van der Waals surface area contributed by atoms with Gasteiger partial charge in [0.25, 0.3) is 0 Å². The standard InChI is InChI=1S/C25H17ClFNO3/c26-22-12-9-19(14-23(22)27)24-15-21(31-28-24)16-30-20-10-7-18(8-11-20)25(29)13-6-17-4-2-1-3-5-17/h1-15H,16H2/b13-6+. The molecule has 0 spiro atoms. The van der Waals surface area contributed by atoms with E-state index in [1.807, 2.05) is 30.3 Å². The van der Waals surface area contributed by atoms with E-state index in [2.05, 4.69) is 5.16 Å². The Labute approximate surface area is 183 Å². The number of ketones is 1. The molecule has 0 aliphatic rings. The molecule has 0 saturated carbocycles. The van der Waals surface area contributed by atoms with Gasteiger partial charge in [-0.25, -0.2) is 4.39 Å². The highest BCUT2D eigenvalue weighted by Gasteiger charge is 2.10. The summed E-state index contributed by atoms with van der Waals surface area (Å²) in [7, 11) is 0. The van der Waals surface area contributed by atoms with Crippen molar-refractivity contribution in [2.75, 3.05) is 0 Å². The highest BCUT2D eigenvalue weighted by atomic mass is 35.5. The van der Waals surface area contributed by atoms with Crippen LogP contribution in [0.15, 0.2) is 89.5 Å². The lowest BCUT2D eigenvalue weighted by molar-refractivity contribution is 0.104. The number of ether oxygens (including phenoxy) is 1. The number of carbonyl (C=O) groups excluding carboxylic acids is 1. The van der Waals surface area contributed by atoms with Gasteiger partial charge in [-0.05, 0) is 48.0 Å². The summed E-state index contributed by atoms with van der Waals surface area (Å²) < 4.78 is 24.6. The number of benzene rings is 3. The average Bonchev–Trinajstić information content (AvgIpc) is 3.28. The summed E-state index contributed by atoms with van der Waals surface area (Å²) in [5, 5.41) is 3.98. The number of nitrogens with zero attached hydrogens (tertiary/aromatic N) is 1. The van der Waals surface area contributed by atoms with Gasteiger partial charge >= 0.3 is 0 Å². The molecule has 0 atom stereocenters. The lowest BCUT2D eigenvalue weighted by atomic mass is 10.1. The van der Waals surface area contributed by atoms with Crippen molar-refractivity contribution in [3.8, 4) is 17.0 Å². The molecule has 0 radical (unpaired) electrons. The number of carbonyl (C=O) groups is 1. The van der Waals surface area contributed by atoms with Crippen LogP contribution in [0.3, 0.4) is 0 Å². The molecule has 1 aromatic heterocycles. The molecule has 0 aliphatic heterocycles. The maximum Gasteiger partial charge on any atom is 0.185 e. The van der Waals surface area contributed by atoms with Crippen molar-refractivity contribution < 1.29 is 18.4 Å². The van der Waals surface area contributed by atoms with Crippen LogP contribution < -0.4 is 4.74 Å². The summed E-state index contributed by atoms with van der Waals surface area (Å²) >= 11 is 5.70. The zero-order valence-electron chi connectivity index (χ0n) is 16.3. The Morgan fingerprint density at radius 3 is 2.55 bits per heavy atom. The first-order chi connectivity index (χ1) is 15.1. The van der Waals surface area contributed by atoms with Gasteiger partial charge in [0.1, 0.15) is 23.9 Å². The highest BCUT2D eigenvalue weighted by molar-refractivity contribution is 6.30. The van der Waals surface area contributed by atoms with Crippen LogP contribution in [0.4, 0.5) is 4.39 Å². The predicted octanol–water partition coefficient (Wildman–Crippen LogP) is 6.61. The van der Waals surface area contributed by atoms with Crippen molar-refractivity contribution in [2.45, 2.75) is 6.61 Å². The third-order valence-electron chi connectivity index (χ3n) is 4.52. The number of rotatable bonds is 7. The SMILES string of the molecule is O=C(/C=C/c1ccccc1)c1ccc(OCc2cc(-c3ccc(Cl)c(F)c3)no2)cc1. The van der Waals surface area contributed by atoms with Gasteiger partial charge in [-0.3, -0.25) is 4.79 Å². The zero-order valence-corrected chi connectivity index (χ0v) is 17.1. The normalized spacial score (nSPS) is 11.0. The van der Waals surface area contributed by atoms with Gasteiger partial charge in [-0.2, -0.15) is 0 Å². The second-order valence-electron chi connectivity index (χ2n) is 6.73. The van der Waals surface area contributed by atoms with Crippen LogP contribution in [0, 0.1) is 5.82 Å². The minimum absolute atomic E-state index is 0.0493. The Kier molecular flexibility index (Phi) is 6.24. The Bertz CT molecular complexity index is 1220. The summed E-state index contributed by atoms with van der Waals surface area (Å²) in [5.74, 6) is 0.453. The largest absolute Gasteiger partial charge is 0.486 e. The summed E-state index contributed by atoms with van der Waals surface area (Å²) in [4.78, 5) is 12.3. The topological polar surface area (TPSA) is 52.3 Å². The number of aromatic nitrogens is 1. The Balaban J connectivity index is 1.35. The van der Waals surface area contributed by atoms with Crippen LogP contribution in [-0.4, -0.2) is 10.9 Å². The van der Waals surface area contributed by atoms with Gasteiger partial charge in [-0.1, -0.05) is 59.2 Å². The molecule has 4 nitrogen and oxygen atoms in total. The van der Waals surface area contributed by atoms with Crippen molar-refractivity contribution in [2.24, 2.45) is 0 Å². The van der Waals surface area contributed by atoms with Gasteiger partial charge in [0.2, 0.25) is 0 Å². The van der Waals surface area contributed by atoms with Crippen LogP contribution in [0.2, 0.25) is 5.02 Å². The van der Waals surface area contributed by atoms with Gasteiger partial charge in [0, 0.05) is 17.2 Å². The van der Waals surface area contributed by atoms with E-state index >= 15 is 0 Å². The fourth-order valence-electron chi connectivity index (χ4n) is 2.87. The fourth-order valence-corrected chi connectivity index (χ4v) is 2.99. The van der Waals surface area contributed by atoms with E-state index in [-0.39, 0.29) is 17.4 Å². The van der Waals surface area contributed by atoms with Gasteiger partial charge in [-0.15, -0.1) is 0 Å². The number of allylic oxidation sites excluding steroid dienone is 1. The lowest BCUT2D eigenvalue weighted by Gasteiger charge is -2.04. The third-order valence-corrected chi connectivity index (χ3v) is 4.83. The van der Waals surface area contributed by atoms with E-state index in [1.54, 1.807) is 48.6 Å². The highest BCUT2D eigenvalue weighted by Crippen LogP contribution is 2.24. The van der Waals surface area contributed by atoms with Crippen molar-refractivity contribution >= 4 is 23.5 Å². The van der Waals surface area contributed by atoms with E-state index in [4.69, 9.17) is 20.9 Å². The van der Waals surface area contributed by atoms with Crippen molar-refractivity contribution in [1.82, 2.24) is 5.16 Å². The van der Waals surface area contributed by atoms with Crippen LogP contribution in [0.5, 0.6) is 5.75 Å². The maximum absolute atomic E-state index is 13.6. The maximum atomic E-state index is 13.6. The summed E-state index contributed by atoms with van der Waals surface area (Å²) in [5.41, 5.74) is 2.57. The Morgan fingerprint density at radius 2 is 1.81 bits per heavy atom. The Hall–Kier alpha value is -3.70. The van der Waals surface area contributed by atoms with Crippen molar-refractivity contribution in [1.29, 1.82) is 0 Å². The summed E-state index contributed by atoms with van der Waals surface area (Å²) in [6.07, 6.45) is 3.32. The fraction of sp³-hybridized carbons (Fsp3) is 0.0400. The molecule has 0 N–H and O–H groups in total. The Morgan fingerprint density at radius 1 is 1.03 bits per heavy atom. The van der Waals surface area contributed by atoms with Gasteiger partial charge in [0.05, 0.1) is 5.02 Å². The average molecular weight is 434 g/mol.